The van der Waals surface area contributed by atoms with Crippen LogP contribution in [0.4, 0.5) is 0 Å². The van der Waals surface area contributed by atoms with Crippen molar-refractivity contribution in [2.45, 2.75) is 0 Å². The SMILES string of the molecule is COc1cc(OC)c(-c2ccc(C(=O)O)s2)cc1C=CC(=O)c1ccc(C(=O)O)cc1. The first-order chi connectivity index (χ1) is 14.8. The normalized spacial score (nSPS) is 10.8. The number of hydrogen-bond acceptors (Lipinski definition) is 6. The van der Waals surface area contributed by atoms with Gasteiger partial charge in [-0.15, -0.1) is 11.3 Å². The predicted octanol–water partition coefficient (Wildman–Crippen LogP) is 4.72. The van der Waals surface area contributed by atoms with E-state index in [2.05, 4.69) is 0 Å². The van der Waals surface area contributed by atoms with Crippen molar-refractivity contribution < 1.29 is 34.1 Å². The van der Waals surface area contributed by atoms with E-state index in [1.54, 1.807) is 24.3 Å². The Morgan fingerprint density at radius 2 is 1.48 bits per heavy atom. The number of ether oxygens (including phenoxy) is 2. The first-order valence-corrected chi connectivity index (χ1v) is 9.81. The van der Waals surface area contributed by atoms with E-state index >= 15 is 0 Å². The minimum Gasteiger partial charge on any atom is -0.496 e. The maximum Gasteiger partial charge on any atom is 0.345 e. The Labute approximate surface area is 181 Å². The third-order valence-corrected chi connectivity index (χ3v) is 5.57. The van der Waals surface area contributed by atoms with Crippen LogP contribution in [0.3, 0.4) is 0 Å². The minimum absolute atomic E-state index is 0.0960. The zero-order valence-corrected chi connectivity index (χ0v) is 17.4. The van der Waals surface area contributed by atoms with E-state index in [1.807, 2.05) is 0 Å². The van der Waals surface area contributed by atoms with Crippen LogP contribution in [0, 0.1) is 0 Å². The van der Waals surface area contributed by atoms with Crippen molar-refractivity contribution >= 4 is 35.1 Å². The molecule has 0 radical (unpaired) electrons. The lowest BCUT2D eigenvalue weighted by atomic mass is 10.0. The number of allylic oxidation sites excluding steroid dienone is 1. The summed E-state index contributed by atoms with van der Waals surface area (Å²) in [5.74, 6) is -1.40. The van der Waals surface area contributed by atoms with Gasteiger partial charge in [-0.3, -0.25) is 4.79 Å². The Morgan fingerprint density at radius 1 is 0.839 bits per heavy atom. The van der Waals surface area contributed by atoms with E-state index in [-0.39, 0.29) is 16.2 Å². The molecule has 0 aliphatic rings. The topological polar surface area (TPSA) is 110 Å². The second kappa shape index (κ2) is 9.27. The van der Waals surface area contributed by atoms with Gasteiger partial charge in [0.1, 0.15) is 16.4 Å². The molecule has 0 atom stereocenters. The van der Waals surface area contributed by atoms with Gasteiger partial charge in [0.15, 0.2) is 5.78 Å². The summed E-state index contributed by atoms with van der Waals surface area (Å²) in [6, 6.07) is 12.3. The smallest absolute Gasteiger partial charge is 0.345 e. The van der Waals surface area contributed by atoms with Gasteiger partial charge in [-0.05, 0) is 42.5 Å². The van der Waals surface area contributed by atoms with Crippen LogP contribution in [0.25, 0.3) is 16.5 Å². The molecule has 0 amide bonds. The second-order valence-corrected chi connectivity index (χ2v) is 7.43. The molecule has 0 saturated carbocycles. The van der Waals surface area contributed by atoms with E-state index in [4.69, 9.17) is 14.6 Å². The minimum atomic E-state index is -1.07. The van der Waals surface area contributed by atoms with Crippen LogP contribution >= 0.6 is 11.3 Å². The van der Waals surface area contributed by atoms with E-state index in [0.29, 0.717) is 33.1 Å². The molecule has 3 rings (SSSR count). The number of rotatable bonds is 8. The highest BCUT2D eigenvalue weighted by Gasteiger charge is 2.16. The zero-order valence-electron chi connectivity index (χ0n) is 16.6. The summed E-state index contributed by atoms with van der Waals surface area (Å²) >= 11 is 1.11. The van der Waals surface area contributed by atoms with Crippen LogP contribution in [-0.2, 0) is 0 Å². The van der Waals surface area contributed by atoms with Crippen LogP contribution in [0.1, 0.15) is 36.0 Å². The highest BCUT2D eigenvalue weighted by atomic mass is 32.1. The van der Waals surface area contributed by atoms with Crippen molar-refractivity contribution in [2.75, 3.05) is 14.2 Å². The third kappa shape index (κ3) is 4.81. The molecule has 8 heteroatoms. The van der Waals surface area contributed by atoms with Gasteiger partial charge in [-0.1, -0.05) is 12.1 Å². The number of thiophene rings is 1. The van der Waals surface area contributed by atoms with Gasteiger partial charge < -0.3 is 19.7 Å². The van der Waals surface area contributed by atoms with Crippen LogP contribution in [-0.4, -0.2) is 42.2 Å². The van der Waals surface area contributed by atoms with Gasteiger partial charge in [-0.2, -0.15) is 0 Å². The molecule has 0 bridgehead atoms. The van der Waals surface area contributed by atoms with Crippen LogP contribution in [0.5, 0.6) is 11.5 Å². The van der Waals surface area contributed by atoms with E-state index in [1.165, 1.54) is 50.6 Å². The van der Waals surface area contributed by atoms with Crippen molar-refractivity contribution in [1.29, 1.82) is 0 Å². The molecule has 7 nitrogen and oxygen atoms in total. The average molecular weight is 438 g/mol. The number of carbonyl (C=O) groups is 3. The van der Waals surface area contributed by atoms with Crippen molar-refractivity contribution in [3.05, 3.63) is 76.2 Å². The van der Waals surface area contributed by atoms with Crippen molar-refractivity contribution in [3.63, 3.8) is 0 Å². The Bertz CT molecular complexity index is 1170. The summed E-state index contributed by atoms with van der Waals surface area (Å²) < 4.78 is 10.8. The van der Waals surface area contributed by atoms with Crippen molar-refractivity contribution in [2.24, 2.45) is 0 Å². The fourth-order valence-corrected chi connectivity index (χ4v) is 3.75. The largest absolute Gasteiger partial charge is 0.496 e. The Kier molecular flexibility index (Phi) is 6.52. The van der Waals surface area contributed by atoms with Crippen LogP contribution in [0.15, 0.2) is 54.6 Å². The lowest BCUT2D eigenvalue weighted by molar-refractivity contribution is 0.0688. The maximum atomic E-state index is 12.5. The predicted molar refractivity (Wildman–Crippen MR) is 117 cm³/mol. The van der Waals surface area contributed by atoms with Crippen molar-refractivity contribution in [3.8, 4) is 21.9 Å². The summed E-state index contributed by atoms with van der Waals surface area (Å²) in [4.78, 5) is 35.6. The number of methoxy groups -OCH3 is 2. The standard InChI is InChI=1S/C23H18O7S/c1-29-18-12-19(30-2)16(20-9-10-21(31-20)23(27)28)11-15(18)7-8-17(24)13-3-5-14(6-4-13)22(25)26/h3-12H,1-2H3,(H,25,26)(H,27,28). The molecule has 1 aromatic heterocycles. The van der Waals surface area contributed by atoms with Gasteiger partial charge in [0, 0.05) is 27.6 Å². The number of aromatic carboxylic acids is 2. The summed E-state index contributed by atoms with van der Waals surface area (Å²) in [5, 5.41) is 18.2. The Hall–Kier alpha value is -3.91. The molecule has 0 saturated heterocycles. The van der Waals surface area contributed by atoms with Crippen LogP contribution < -0.4 is 9.47 Å². The van der Waals surface area contributed by atoms with Gasteiger partial charge >= 0.3 is 11.9 Å². The second-order valence-electron chi connectivity index (χ2n) is 6.34. The summed E-state index contributed by atoms with van der Waals surface area (Å²) in [5.41, 5.74) is 1.70. The van der Waals surface area contributed by atoms with Gasteiger partial charge in [-0.25, -0.2) is 9.59 Å². The molecule has 0 aliphatic carbocycles. The summed E-state index contributed by atoms with van der Waals surface area (Å²) in [6.45, 7) is 0. The quantitative estimate of drug-likeness (QED) is 0.387. The lowest BCUT2D eigenvalue weighted by Crippen LogP contribution is -1.99. The average Bonchev–Trinajstić information content (AvgIpc) is 3.27. The third-order valence-electron chi connectivity index (χ3n) is 4.46. The molecule has 1 heterocycles. The fourth-order valence-electron chi connectivity index (χ4n) is 2.88. The molecule has 0 fully saturated rings. The summed E-state index contributed by atoms with van der Waals surface area (Å²) in [6.07, 6.45) is 2.95. The summed E-state index contributed by atoms with van der Waals surface area (Å²) in [7, 11) is 3.00. The Balaban J connectivity index is 1.96. The number of hydrogen-bond donors (Lipinski definition) is 2. The molecule has 2 aromatic carbocycles. The van der Waals surface area contributed by atoms with Gasteiger partial charge in [0.25, 0.3) is 0 Å². The number of ketones is 1. The number of benzene rings is 2. The molecule has 2 N–H and O–H groups in total. The molecule has 158 valence electrons. The molecule has 0 aliphatic heterocycles. The van der Waals surface area contributed by atoms with E-state index < -0.39 is 11.9 Å². The molecular formula is C23H18O7S. The molecule has 31 heavy (non-hydrogen) atoms. The fraction of sp³-hybridized carbons (Fsp3) is 0.0870. The van der Waals surface area contributed by atoms with Crippen molar-refractivity contribution in [1.82, 2.24) is 0 Å². The van der Waals surface area contributed by atoms with E-state index in [9.17, 15) is 19.5 Å². The lowest BCUT2D eigenvalue weighted by Gasteiger charge is -2.12. The molecular weight excluding hydrogens is 420 g/mol. The first kappa shape index (κ1) is 21.8. The van der Waals surface area contributed by atoms with Gasteiger partial charge in [0.2, 0.25) is 0 Å². The van der Waals surface area contributed by atoms with Gasteiger partial charge in [0.05, 0.1) is 19.8 Å². The van der Waals surface area contributed by atoms with E-state index in [0.717, 1.165) is 11.3 Å². The first-order valence-electron chi connectivity index (χ1n) is 8.99. The number of carbonyl (C=O) groups excluding carboxylic acids is 1. The monoisotopic (exact) mass is 438 g/mol. The Morgan fingerprint density at radius 3 is 2.03 bits per heavy atom. The highest BCUT2D eigenvalue weighted by molar-refractivity contribution is 7.17. The molecule has 0 unspecified atom stereocenters. The zero-order chi connectivity index (χ0) is 22.5. The molecule has 3 aromatic rings. The van der Waals surface area contributed by atoms with Crippen LogP contribution in [0.2, 0.25) is 0 Å². The number of carboxylic acids is 2. The highest BCUT2D eigenvalue weighted by Crippen LogP contribution is 2.39. The molecule has 0 spiro atoms. The maximum absolute atomic E-state index is 12.5. The number of carboxylic acid groups (broad SMARTS) is 2.